The molecule has 0 radical (unpaired) electrons. The van der Waals surface area contributed by atoms with Crippen molar-refractivity contribution in [3.8, 4) is 5.75 Å². The lowest BCUT2D eigenvalue weighted by Gasteiger charge is -2.17. The summed E-state index contributed by atoms with van der Waals surface area (Å²) in [6.07, 6.45) is -3.05. The molecule has 2 unspecified atom stereocenters. The highest BCUT2D eigenvalue weighted by atomic mass is 19.4. The molecule has 0 amide bonds. The van der Waals surface area contributed by atoms with E-state index >= 15 is 0 Å². The first-order valence-electron chi connectivity index (χ1n) is 9.50. The molecule has 0 N–H and O–H groups in total. The van der Waals surface area contributed by atoms with E-state index < -0.39 is 11.7 Å². The summed E-state index contributed by atoms with van der Waals surface area (Å²) in [7, 11) is 0. The Hall–Kier alpha value is -2.50. The number of carbonyl (C=O) groups is 1. The number of alkyl halides is 3. The minimum absolute atomic E-state index is 0.0748. The molecular formula is C22H21F3O3. The highest BCUT2D eigenvalue weighted by Gasteiger charge is 2.45. The fourth-order valence-electron chi connectivity index (χ4n) is 4.04. The molecule has 0 heterocycles. The molecule has 1 saturated carbocycles. The van der Waals surface area contributed by atoms with Crippen molar-refractivity contribution < 1.29 is 27.4 Å². The maximum absolute atomic E-state index is 13.2. The van der Waals surface area contributed by atoms with E-state index in [2.05, 4.69) is 0 Å². The quantitative estimate of drug-likeness (QED) is 0.638. The average Bonchev–Trinajstić information content (AvgIpc) is 3.37. The molecule has 0 spiro atoms. The fourth-order valence-corrected chi connectivity index (χ4v) is 4.04. The lowest BCUT2D eigenvalue weighted by molar-refractivity contribution is -0.144. The molecule has 0 aromatic heterocycles. The minimum Gasteiger partial charge on any atom is -0.486 e. The molecule has 6 heteroatoms. The van der Waals surface area contributed by atoms with Crippen molar-refractivity contribution in [2.45, 2.75) is 44.4 Å². The average molecular weight is 390 g/mol. The van der Waals surface area contributed by atoms with Gasteiger partial charge >= 0.3 is 12.1 Å². The predicted molar refractivity (Wildman–Crippen MR) is 97.1 cm³/mol. The number of ether oxygens (including phenoxy) is 2. The van der Waals surface area contributed by atoms with Crippen LogP contribution in [0.5, 0.6) is 5.75 Å². The largest absolute Gasteiger partial charge is 0.486 e. The Kier molecular flexibility index (Phi) is 4.81. The lowest BCUT2D eigenvalue weighted by atomic mass is 10.0. The van der Waals surface area contributed by atoms with Gasteiger partial charge in [0.2, 0.25) is 0 Å². The zero-order valence-electron chi connectivity index (χ0n) is 15.5. The number of carbonyl (C=O) groups excluding carboxylic acids is 1. The second-order valence-corrected chi connectivity index (χ2v) is 7.29. The van der Waals surface area contributed by atoms with Crippen molar-refractivity contribution in [1.29, 1.82) is 0 Å². The van der Waals surface area contributed by atoms with Gasteiger partial charge in [0.15, 0.2) is 0 Å². The number of benzene rings is 2. The normalized spacial score (nSPS) is 23.2. The van der Waals surface area contributed by atoms with Crippen molar-refractivity contribution in [2.24, 2.45) is 5.92 Å². The summed E-state index contributed by atoms with van der Waals surface area (Å²) in [6, 6.07) is 11.8. The zero-order chi connectivity index (χ0) is 19.9. The van der Waals surface area contributed by atoms with Gasteiger partial charge < -0.3 is 9.47 Å². The summed E-state index contributed by atoms with van der Waals surface area (Å²) in [6.45, 7) is 2.17. The molecule has 4 rings (SSSR count). The van der Waals surface area contributed by atoms with E-state index in [0.717, 1.165) is 18.1 Å². The number of esters is 1. The molecular weight excluding hydrogens is 369 g/mol. The number of hydrogen-bond donors (Lipinski definition) is 0. The van der Waals surface area contributed by atoms with Crippen molar-refractivity contribution in [3.63, 3.8) is 0 Å². The van der Waals surface area contributed by atoms with Crippen molar-refractivity contribution in [2.75, 3.05) is 6.61 Å². The summed E-state index contributed by atoms with van der Waals surface area (Å²) in [4.78, 5) is 11.8. The van der Waals surface area contributed by atoms with Gasteiger partial charge in [-0.2, -0.15) is 13.2 Å². The van der Waals surface area contributed by atoms with Gasteiger partial charge in [-0.05, 0) is 67.0 Å². The van der Waals surface area contributed by atoms with E-state index in [4.69, 9.17) is 9.47 Å². The molecule has 3 atom stereocenters. The first kappa shape index (κ1) is 18.8. The lowest BCUT2D eigenvalue weighted by Crippen LogP contribution is -2.09. The van der Waals surface area contributed by atoms with Crippen LogP contribution in [0, 0.1) is 5.92 Å². The van der Waals surface area contributed by atoms with Crippen molar-refractivity contribution in [1.82, 2.24) is 0 Å². The van der Waals surface area contributed by atoms with E-state index in [1.54, 1.807) is 13.0 Å². The van der Waals surface area contributed by atoms with Crippen LogP contribution in [0.2, 0.25) is 0 Å². The first-order chi connectivity index (χ1) is 13.4. The van der Waals surface area contributed by atoms with Gasteiger partial charge in [-0.25, -0.2) is 0 Å². The van der Waals surface area contributed by atoms with Crippen LogP contribution in [0.25, 0.3) is 0 Å². The third kappa shape index (κ3) is 3.60. The zero-order valence-corrected chi connectivity index (χ0v) is 15.5. The Labute approximate surface area is 161 Å². The number of hydrogen-bond acceptors (Lipinski definition) is 3. The molecule has 2 aromatic carbocycles. The molecule has 0 bridgehead atoms. The Balaban J connectivity index is 1.44. The van der Waals surface area contributed by atoms with Gasteiger partial charge in [-0.15, -0.1) is 0 Å². The maximum atomic E-state index is 13.2. The third-order valence-corrected chi connectivity index (χ3v) is 5.49. The molecule has 3 nitrogen and oxygen atoms in total. The van der Waals surface area contributed by atoms with E-state index in [9.17, 15) is 18.0 Å². The van der Waals surface area contributed by atoms with Gasteiger partial charge in [0, 0.05) is 0 Å². The van der Waals surface area contributed by atoms with Crippen molar-refractivity contribution in [3.05, 3.63) is 64.7 Å². The van der Waals surface area contributed by atoms with Crippen LogP contribution >= 0.6 is 0 Å². The van der Waals surface area contributed by atoms with E-state index in [-0.39, 0.29) is 23.9 Å². The summed E-state index contributed by atoms with van der Waals surface area (Å²) in [5.41, 5.74) is 1.44. The predicted octanol–water partition coefficient (Wildman–Crippen LogP) is 5.44. The first-order valence-corrected chi connectivity index (χ1v) is 9.50. The van der Waals surface area contributed by atoms with Crippen LogP contribution in [-0.2, 0) is 22.1 Å². The van der Waals surface area contributed by atoms with E-state index in [0.29, 0.717) is 36.3 Å². The highest BCUT2D eigenvalue weighted by molar-refractivity contribution is 5.77. The Bertz CT molecular complexity index is 874. The molecule has 28 heavy (non-hydrogen) atoms. The summed E-state index contributed by atoms with van der Waals surface area (Å²) in [5, 5.41) is 0. The smallest absolute Gasteiger partial charge is 0.416 e. The van der Waals surface area contributed by atoms with Crippen LogP contribution in [0.3, 0.4) is 0 Å². The standard InChI is InChI=1S/C22H21F3O3/c1-2-27-21(26)18-12-17(18)13-6-8-14(9-7-13)28-20-11-10-15-16(20)4-3-5-19(15)22(23,24)25/h3-9,17-18,20H,2,10-12H2,1H3/t17?,18?,20-/m1/s1. The van der Waals surface area contributed by atoms with Gasteiger partial charge in [0.1, 0.15) is 11.9 Å². The van der Waals surface area contributed by atoms with Gasteiger partial charge in [-0.1, -0.05) is 24.3 Å². The number of halogens is 3. The highest BCUT2D eigenvalue weighted by Crippen LogP contribution is 2.48. The molecule has 148 valence electrons. The Morgan fingerprint density at radius 2 is 1.89 bits per heavy atom. The topological polar surface area (TPSA) is 35.5 Å². The minimum atomic E-state index is -4.35. The van der Waals surface area contributed by atoms with Gasteiger partial charge in [-0.3, -0.25) is 4.79 Å². The van der Waals surface area contributed by atoms with Crippen LogP contribution in [0.4, 0.5) is 13.2 Å². The molecule has 2 aromatic rings. The number of rotatable bonds is 5. The molecule has 2 aliphatic carbocycles. The maximum Gasteiger partial charge on any atom is 0.416 e. The Morgan fingerprint density at radius 1 is 1.14 bits per heavy atom. The molecule has 1 fully saturated rings. The molecule has 2 aliphatic rings. The number of fused-ring (bicyclic) bond motifs is 1. The third-order valence-electron chi connectivity index (χ3n) is 5.49. The van der Waals surface area contributed by atoms with Crippen LogP contribution in [0.1, 0.15) is 54.0 Å². The van der Waals surface area contributed by atoms with E-state index in [1.807, 2.05) is 24.3 Å². The van der Waals surface area contributed by atoms with Crippen molar-refractivity contribution >= 4 is 5.97 Å². The van der Waals surface area contributed by atoms with Crippen LogP contribution in [0.15, 0.2) is 42.5 Å². The summed E-state index contributed by atoms with van der Waals surface area (Å²) in [5.74, 6) is 0.562. The van der Waals surface area contributed by atoms with Gasteiger partial charge in [0.25, 0.3) is 0 Å². The second kappa shape index (κ2) is 7.15. The van der Waals surface area contributed by atoms with Crippen LogP contribution < -0.4 is 4.74 Å². The monoisotopic (exact) mass is 390 g/mol. The molecule has 0 saturated heterocycles. The summed E-state index contributed by atoms with van der Waals surface area (Å²) < 4.78 is 50.6. The fraction of sp³-hybridized carbons (Fsp3) is 0.409. The molecule has 0 aliphatic heterocycles. The second-order valence-electron chi connectivity index (χ2n) is 7.29. The van der Waals surface area contributed by atoms with Crippen LogP contribution in [-0.4, -0.2) is 12.6 Å². The van der Waals surface area contributed by atoms with Gasteiger partial charge in [0.05, 0.1) is 18.1 Å². The van der Waals surface area contributed by atoms with E-state index in [1.165, 1.54) is 6.07 Å². The Morgan fingerprint density at radius 3 is 2.57 bits per heavy atom. The summed E-state index contributed by atoms with van der Waals surface area (Å²) >= 11 is 0. The SMILES string of the molecule is CCOC(=O)C1CC1c1ccc(O[C@@H]2CCc3c2cccc3C(F)(F)F)cc1.